The predicted molar refractivity (Wildman–Crippen MR) is 64.3 cm³/mol. The van der Waals surface area contributed by atoms with Gasteiger partial charge in [-0.3, -0.25) is 0 Å². The number of ether oxygens (including phenoxy) is 2. The maximum absolute atomic E-state index is 11.4. The number of halogens is 1. The van der Waals surface area contributed by atoms with Crippen molar-refractivity contribution in [3.8, 4) is 5.75 Å². The van der Waals surface area contributed by atoms with Crippen LogP contribution in [0.1, 0.15) is 18.5 Å². The van der Waals surface area contributed by atoms with Crippen molar-refractivity contribution in [2.75, 3.05) is 13.7 Å². The first-order chi connectivity index (χ1) is 7.60. The van der Waals surface area contributed by atoms with Gasteiger partial charge in [0.15, 0.2) is 0 Å². The van der Waals surface area contributed by atoms with E-state index in [1.165, 1.54) is 0 Å². The number of benzene rings is 1. The summed E-state index contributed by atoms with van der Waals surface area (Å²) in [5.74, 6) is 0.263. The normalized spacial score (nSPS) is 12.0. The lowest BCUT2D eigenvalue weighted by Crippen LogP contribution is -2.23. The quantitative estimate of drug-likeness (QED) is 0.861. The molecule has 4 nitrogen and oxygen atoms in total. The average Bonchev–Trinajstić information content (AvgIpc) is 2.28. The molecule has 2 N–H and O–H groups in total. The monoisotopic (exact) mass is 287 g/mol. The Morgan fingerprint density at radius 1 is 1.56 bits per heavy atom. The minimum absolute atomic E-state index is 0.323. The summed E-state index contributed by atoms with van der Waals surface area (Å²) in [6.07, 6.45) is 0. The highest BCUT2D eigenvalue weighted by atomic mass is 79.9. The van der Waals surface area contributed by atoms with Crippen molar-refractivity contribution in [2.24, 2.45) is 5.73 Å². The third-order valence-corrected chi connectivity index (χ3v) is 2.70. The molecule has 0 aliphatic rings. The van der Waals surface area contributed by atoms with Gasteiger partial charge in [0.2, 0.25) is 0 Å². The zero-order chi connectivity index (χ0) is 12.1. The van der Waals surface area contributed by atoms with Gasteiger partial charge in [0.05, 0.1) is 18.2 Å². The van der Waals surface area contributed by atoms with Crippen LogP contribution >= 0.6 is 15.9 Å². The first-order valence-corrected chi connectivity index (χ1v) is 5.65. The summed E-state index contributed by atoms with van der Waals surface area (Å²) in [7, 11) is 1.57. The van der Waals surface area contributed by atoms with Gasteiger partial charge in [0, 0.05) is 0 Å². The molecular weight excluding hydrogens is 274 g/mol. The molecule has 0 heterocycles. The van der Waals surface area contributed by atoms with Crippen LogP contribution in [-0.4, -0.2) is 19.7 Å². The van der Waals surface area contributed by atoms with Gasteiger partial charge in [-0.1, -0.05) is 6.07 Å². The van der Waals surface area contributed by atoms with Gasteiger partial charge in [-0.05, 0) is 40.5 Å². The Hall–Kier alpha value is -1.07. The Balaban J connectivity index is 2.88. The Bertz CT molecular complexity index is 381. The molecule has 0 aromatic heterocycles. The molecule has 0 radical (unpaired) electrons. The van der Waals surface area contributed by atoms with E-state index in [0.717, 1.165) is 4.47 Å². The minimum Gasteiger partial charge on any atom is -0.496 e. The predicted octanol–water partition coefficient (Wildman–Crippen LogP) is 2.02. The maximum Gasteiger partial charge on any atom is 0.327 e. The summed E-state index contributed by atoms with van der Waals surface area (Å²) in [6, 6.07) is 4.48. The molecule has 1 atom stereocenters. The van der Waals surface area contributed by atoms with Crippen LogP contribution < -0.4 is 10.5 Å². The molecule has 5 heteroatoms. The molecule has 0 spiro atoms. The number of esters is 1. The average molecular weight is 288 g/mol. The lowest BCUT2D eigenvalue weighted by molar-refractivity contribution is -0.144. The number of rotatable bonds is 4. The van der Waals surface area contributed by atoms with E-state index in [-0.39, 0.29) is 0 Å². The van der Waals surface area contributed by atoms with Crippen LogP contribution in [0.2, 0.25) is 0 Å². The van der Waals surface area contributed by atoms with Gasteiger partial charge in [0.25, 0.3) is 0 Å². The summed E-state index contributed by atoms with van der Waals surface area (Å²) in [5, 5.41) is 0. The lowest BCUT2D eigenvalue weighted by Gasteiger charge is -2.12. The van der Waals surface area contributed by atoms with Crippen LogP contribution in [0.15, 0.2) is 22.7 Å². The Morgan fingerprint density at radius 2 is 2.25 bits per heavy atom. The van der Waals surface area contributed by atoms with Crippen LogP contribution in [-0.2, 0) is 9.53 Å². The van der Waals surface area contributed by atoms with Crippen molar-refractivity contribution in [2.45, 2.75) is 13.0 Å². The first kappa shape index (κ1) is 13.0. The molecule has 0 bridgehead atoms. The van der Waals surface area contributed by atoms with Gasteiger partial charge in [-0.25, -0.2) is 4.79 Å². The molecule has 0 amide bonds. The molecular formula is C11H14BrNO3. The van der Waals surface area contributed by atoms with E-state index >= 15 is 0 Å². The second-order valence-corrected chi connectivity index (χ2v) is 3.98. The fraction of sp³-hybridized carbons (Fsp3) is 0.364. The molecule has 0 unspecified atom stereocenters. The molecule has 0 saturated heterocycles. The van der Waals surface area contributed by atoms with Crippen LogP contribution in [0.3, 0.4) is 0 Å². The van der Waals surface area contributed by atoms with Crippen molar-refractivity contribution >= 4 is 21.9 Å². The van der Waals surface area contributed by atoms with Gasteiger partial charge in [0.1, 0.15) is 11.8 Å². The van der Waals surface area contributed by atoms with Crippen molar-refractivity contribution in [3.05, 3.63) is 28.2 Å². The van der Waals surface area contributed by atoms with Crippen LogP contribution in [0.4, 0.5) is 0 Å². The van der Waals surface area contributed by atoms with Gasteiger partial charge in [-0.15, -0.1) is 0 Å². The van der Waals surface area contributed by atoms with Gasteiger partial charge in [-0.2, -0.15) is 0 Å². The van der Waals surface area contributed by atoms with E-state index in [0.29, 0.717) is 17.9 Å². The minimum atomic E-state index is -0.762. The Kier molecular flexibility index (Phi) is 4.76. The van der Waals surface area contributed by atoms with Crippen LogP contribution in [0, 0.1) is 0 Å². The second kappa shape index (κ2) is 5.86. The van der Waals surface area contributed by atoms with E-state index in [1.54, 1.807) is 32.2 Å². The SMILES string of the molecule is CCOC(=O)[C@H](N)c1ccc(OC)c(Br)c1. The molecule has 0 aliphatic heterocycles. The van der Waals surface area contributed by atoms with Gasteiger partial charge >= 0.3 is 5.97 Å². The highest BCUT2D eigenvalue weighted by Crippen LogP contribution is 2.27. The first-order valence-electron chi connectivity index (χ1n) is 4.85. The van der Waals surface area contributed by atoms with E-state index in [1.807, 2.05) is 0 Å². The molecule has 88 valence electrons. The molecule has 0 saturated carbocycles. The standard InChI is InChI=1S/C11H14BrNO3/c1-3-16-11(14)10(13)7-4-5-9(15-2)8(12)6-7/h4-6,10H,3,13H2,1-2H3/t10-/m1/s1. The zero-order valence-electron chi connectivity index (χ0n) is 9.20. The zero-order valence-corrected chi connectivity index (χ0v) is 10.8. The number of hydrogen-bond donors (Lipinski definition) is 1. The number of methoxy groups -OCH3 is 1. The highest BCUT2D eigenvalue weighted by molar-refractivity contribution is 9.10. The smallest absolute Gasteiger partial charge is 0.327 e. The van der Waals surface area contributed by atoms with Crippen LogP contribution in [0.25, 0.3) is 0 Å². The van der Waals surface area contributed by atoms with Crippen molar-refractivity contribution in [1.82, 2.24) is 0 Å². The largest absolute Gasteiger partial charge is 0.496 e. The molecule has 0 aliphatic carbocycles. The third-order valence-electron chi connectivity index (χ3n) is 2.08. The van der Waals surface area contributed by atoms with E-state index in [2.05, 4.69) is 15.9 Å². The van der Waals surface area contributed by atoms with Crippen molar-refractivity contribution in [1.29, 1.82) is 0 Å². The van der Waals surface area contributed by atoms with E-state index in [4.69, 9.17) is 15.2 Å². The topological polar surface area (TPSA) is 61.5 Å². The van der Waals surface area contributed by atoms with Crippen molar-refractivity contribution < 1.29 is 14.3 Å². The molecule has 1 rings (SSSR count). The maximum atomic E-state index is 11.4. The summed E-state index contributed by atoms with van der Waals surface area (Å²) in [5.41, 5.74) is 6.44. The number of carbonyl (C=O) groups excluding carboxylic acids is 1. The Morgan fingerprint density at radius 3 is 2.75 bits per heavy atom. The fourth-order valence-electron chi connectivity index (χ4n) is 1.24. The molecule has 16 heavy (non-hydrogen) atoms. The molecule has 1 aromatic carbocycles. The van der Waals surface area contributed by atoms with Crippen molar-refractivity contribution in [3.63, 3.8) is 0 Å². The summed E-state index contributed by atoms with van der Waals surface area (Å²) in [6.45, 7) is 2.07. The van der Waals surface area contributed by atoms with E-state index < -0.39 is 12.0 Å². The molecule has 1 aromatic rings. The third kappa shape index (κ3) is 2.96. The van der Waals surface area contributed by atoms with Crippen LogP contribution in [0.5, 0.6) is 5.75 Å². The van der Waals surface area contributed by atoms with E-state index in [9.17, 15) is 4.79 Å². The fourth-order valence-corrected chi connectivity index (χ4v) is 1.80. The summed E-state index contributed by atoms with van der Waals surface area (Å²) >= 11 is 3.33. The second-order valence-electron chi connectivity index (χ2n) is 3.12. The van der Waals surface area contributed by atoms with Gasteiger partial charge < -0.3 is 15.2 Å². The Labute approximate surface area is 103 Å². The molecule has 0 fully saturated rings. The number of hydrogen-bond acceptors (Lipinski definition) is 4. The summed E-state index contributed by atoms with van der Waals surface area (Å²) < 4.78 is 10.7. The lowest BCUT2D eigenvalue weighted by atomic mass is 10.1. The number of carbonyl (C=O) groups is 1. The number of nitrogens with two attached hydrogens (primary N) is 1. The highest BCUT2D eigenvalue weighted by Gasteiger charge is 2.17. The summed E-state index contributed by atoms with van der Waals surface area (Å²) in [4.78, 5) is 11.4.